The highest BCUT2D eigenvalue weighted by Gasteiger charge is 2.32. The standard InChI is InChI=1S/C17H30N6/c1-22-10-4-7-14(16(22)15-8-9-21-23(15)2)12-20-17(18)19-11-13-5-3-6-13/h8-9,13-14,16H,3-7,10-12H2,1-2H3,(H3,18,19,20)/t14-,16+/m0/s1. The Kier molecular flexibility index (Phi) is 5.20. The lowest BCUT2D eigenvalue weighted by Gasteiger charge is -2.38. The number of nitrogens with two attached hydrogens (primary N) is 1. The smallest absolute Gasteiger partial charge is 0.188 e. The van der Waals surface area contributed by atoms with Gasteiger partial charge in [0.25, 0.3) is 0 Å². The van der Waals surface area contributed by atoms with Crippen molar-refractivity contribution in [2.45, 2.75) is 38.1 Å². The number of guanidine groups is 1. The average Bonchev–Trinajstić information content (AvgIpc) is 2.89. The topological polar surface area (TPSA) is 71.5 Å². The van der Waals surface area contributed by atoms with Crippen LogP contribution in [-0.2, 0) is 7.05 Å². The summed E-state index contributed by atoms with van der Waals surface area (Å²) >= 11 is 0. The Labute approximate surface area is 139 Å². The van der Waals surface area contributed by atoms with Crippen LogP contribution in [0.25, 0.3) is 0 Å². The van der Waals surface area contributed by atoms with Crippen molar-refractivity contribution in [1.82, 2.24) is 20.0 Å². The summed E-state index contributed by atoms with van der Waals surface area (Å²) in [7, 11) is 4.22. The third-order valence-electron chi connectivity index (χ3n) is 5.46. The number of aryl methyl sites for hydroxylation is 1. The molecule has 1 aliphatic carbocycles. The Hall–Kier alpha value is -1.56. The van der Waals surface area contributed by atoms with Crippen molar-refractivity contribution in [3.05, 3.63) is 18.0 Å². The summed E-state index contributed by atoms with van der Waals surface area (Å²) in [5.41, 5.74) is 7.33. The lowest BCUT2D eigenvalue weighted by atomic mass is 9.85. The van der Waals surface area contributed by atoms with E-state index in [2.05, 4.69) is 33.4 Å². The van der Waals surface area contributed by atoms with E-state index in [4.69, 9.17) is 5.73 Å². The van der Waals surface area contributed by atoms with Crippen molar-refractivity contribution in [3.8, 4) is 0 Å². The van der Waals surface area contributed by atoms with Crippen LogP contribution >= 0.6 is 0 Å². The first-order valence-corrected chi connectivity index (χ1v) is 8.87. The molecule has 0 aromatic carbocycles. The van der Waals surface area contributed by atoms with Crippen molar-refractivity contribution >= 4 is 5.96 Å². The SMILES string of the molecule is CN1CCC[C@@H](CN=C(N)NCC2CCC2)[C@@H]1c1ccnn1C. The molecule has 0 amide bonds. The lowest BCUT2D eigenvalue weighted by molar-refractivity contribution is 0.119. The van der Waals surface area contributed by atoms with E-state index in [1.807, 2.05) is 17.9 Å². The highest BCUT2D eigenvalue weighted by molar-refractivity contribution is 5.77. The molecule has 23 heavy (non-hydrogen) atoms. The normalized spacial score (nSPS) is 27.0. The van der Waals surface area contributed by atoms with Crippen molar-refractivity contribution in [2.24, 2.45) is 29.6 Å². The van der Waals surface area contributed by atoms with Crippen LogP contribution < -0.4 is 11.1 Å². The first-order chi connectivity index (χ1) is 11.1. The number of piperidine rings is 1. The van der Waals surface area contributed by atoms with Crippen LogP contribution in [0.15, 0.2) is 17.3 Å². The molecule has 1 aromatic rings. The molecule has 1 aromatic heterocycles. The Morgan fingerprint density at radius 3 is 2.83 bits per heavy atom. The Morgan fingerprint density at radius 1 is 1.35 bits per heavy atom. The van der Waals surface area contributed by atoms with Gasteiger partial charge in [0.2, 0.25) is 0 Å². The van der Waals surface area contributed by atoms with E-state index in [-0.39, 0.29) is 0 Å². The van der Waals surface area contributed by atoms with Crippen molar-refractivity contribution in [1.29, 1.82) is 0 Å². The second-order valence-electron chi connectivity index (χ2n) is 7.11. The first-order valence-electron chi connectivity index (χ1n) is 8.87. The molecule has 2 heterocycles. The average molecular weight is 318 g/mol. The van der Waals surface area contributed by atoms with Gasteiger partial charge in [0.1, 0.15) is 0 Å². The third kappa shape index (κ3) is 3.86. The minimum atomic E-state index is 0.374. The summed E-state index contributed by atoms with van der Waals surface area (Å²) in [5.74, 6) is 1.90. The number of hydrogen-bond donors (Lipinski definition) is 2. The van der Waals surface area contributed by atoms with E-state index in [0.717, 1.165) is 25.6 Å². The number of aliphatic imine (C=N–C) groups is 1. The minimum absolute atomic E-state index is 0.374. The minimum Gasteiger partial charge on any atom is -0.370 e. The number of rotatable bonds is 5. The van der Waals surface area contributed by atoms with E-state index >= 15 is 0 Å². The van der Waals surface area contributed by atoms with Crippen molar-refractivity contribution in [3.63, 3.8) is 0 Å². The van der Waals surface area contributed by atoms with Gasteiger partial charge in [-0.05, 0) is 57.2 Å². The number of nitrogens with one attached hydrogen (secondary N) is 1. The molecule has 0 bridgehead atoms. The monoisotopic (exact) mass is 318 g/mol. The van der Waals surface area contributed by atoms with Gasteiger partial charge in [0, 0.05) is 26.3 Å². The Morgan fingerprint density at radius 2 is 2.17 bits per heavy atom. The van der Waals surface area contributed by atoms with Crippen LogP contribution in [0.1, 0.15) is 43.8 Å². The maximum absolute atomic E-state index is 6.05. The summed E-state index contributed by atoms with van der Waals surface area (Å²) in [4.78, 5) is 7.06. The Balaban J connectivity index is 1.60. The molecule has 2 atom stereocenters. The van der Waals surface area contributed by atoms with Crippen LogP contribution in [0.5, 0.6) is 0 Å². The molecule has 2 aliphatic rings. The van der Waals surface area contributed by atoms with Crippen molar-refractivity contribution in [2.75, 3.05) is 26.7 Å². The van der Waals surface area contributed by atoms with Crippen LogP contribution in [-0.4, -0.2) is 47.3 Å². The van der Waals surface area contributed by atoms with Gasteiger partial charge < -0.3 is 11.1 Å². The van der Waals surface area contributed by atoms with E-state index < -0.39 is 0 Å². The van der Waals surface area contributed by atoms with Gasteiger partial charge in [-0.15, -0.1) is 0 Å². The summed E-state index contributed by atoms with van der Waals surface area (Å²) < 4.78 is 1.99. The quantitative estimate of drug-likeness (QED) is 0.638. The largest absolute Gasteiger partial charge is 0.370 e. The molecule has 1 aliphatic heterocycles. The Bertz CT molecular complexity index is 533. The predicted molar refractivity (Wildman–Crippen MR) is 93.1 cm³/mol. The second-order valence-corrected chi connectivity index (χ2v) is 7.11. The fourth-order valence-corrected chi connectivity index (χ4v) is 3.81. The maximum atomic E-state index is 6.05. The predicted octanol–water partition coefficient (Wildman–Crippen LogP) is 1.51. The van der Waals surface area contributed by atoms with Gasteiger partial charge in [-0.3, -0.25) is 14.6 Å². The highest BCUT2D eigenvalue weighted by Crippen LogP contribution is 2.34. The molecular weight excluding hydrogens is 288 g/mol. The van der Waals surface area contributed by atoms with Gasteiger partial charge in [-0.1, -0.05) is 6.42 Å². The van der Waals surface area contributed by atoms with Crippen LogP contribution in [0, 0.1) is 11.8 Å². The summed E-state index contributed by atoms with van der Waals surface area (Å²) in [5, 5.41) is 7.63. The van der Waals surface area contributed by atoms with Crippen LogP contribution in [0.2, 0.25) is 0 Å². The number of nitrogens with zero attached hydrogens (tertiary/aromatic N) is 4. The molecule has 6 heteroatoms. The molecular formula is C17H30N6. The number of hydrogen-bond acceptors (Lipinski definition) is 3. The second kappa shape index (κ2) is 7.34. The molecule has 2 fully saturated rings. The highest BCUT2D eigenvalue weighted by atomic mass is 15.3. The first kappa shape index (κ1) is 16.3. The molecule has 1 saturated heterocycles. The van der Waals surface area contributed by atoms with Crippen LogP contribution in [0.4, 0.5) is 0 Å². The summed E-state index contributed by atoms with van der Waals surface area (Å²) in [6.07, 6.45) is 8.32. The van der Waals surface area contributed by atoms with Gasteiger partial charge >= 0.3 is 0 Å². The van der Waals surface area contributed by atoms with E-state index in [0.29, 0.717) is 17.9 Å². The lowest BCUT2D eigenvalue weighted by Crippen LogP contribution is -2.40. The summed E-state index contributed by atoms with van der Waals surface area (Å²) in [6, 6.07) is 2.50. The number of likely N-dealkylation sites (tertiary alicyclic amines) is 1. The van der Waals surface area contributed by atoms with Gasteiger partial charge in [0.05, 0.1) is 11.7 Å². The zero-order valence-corrected chi connectivity index (χ0v) is 14.4. The van der Waals surface area contributed by atoms with E-state index in [1.54, 1.807) is 0 Å². The van der Waals surface area contributed by atoms with Gasteiger partial charge in [-0.25, -0.2) is 0 Å². The maximum Gasteiger partial charge on any atom is 0.188 e. The van der Waals surface area contributed by atoms with Crippen molar-refractivity contribution < 1.29 is 0 Å². The molecule has 0 radical (unpaired) electrons. The molecule has 3 rings (SSSR count). The molecule has 3 N–H and O–H groups in total. The molecule has 1 saturated carbocycles. The summed E-state index contributed by atoms with van der Waals surface area (Å²) in [6.45, 7) is 2.89. The number of aromatic nitrogens is 2. The molecule has 6 nitrogen and oxygen atoms in total. The fraction of sp³-hybridized carbons (Fsp3) is 0.765. The van der Waals surface area contributed by atoms with Gasteiger partial charge in [-0.2, -0.15) is 5.10 Å². The van der Waals surface area contributed by atoms with E-state index in [1.165, 1.54) is 37.8 Å². The zero-order chi connectivity index (χ0) is 16.2. The van der Waals surface area contributed by atoms with E-state index in [9.17, 15) is 0 Å². The fourth-order valence-electron chi connectivity index (χ4n) is 3.81. The molecule has 128 valence electrons. The zero-order valence-electron chi connectivity index (χ0n) is 14.4. The van der Waals surface area contributed by atoms with Gasteiger partial charge in [0.15, 0.2) is 5.96 Å². The third-order valence-corrected chi connectivity index (χ3v) is 5.46. The van der Waals surface area contributed by atoms with Crippen LogP contribution in [0.3, 0.4) is 0 Å². The molecule has 0 spiro atoms. The molecule has 0 unspecified atom stereocenters.